The predicted molar refractivity (Wildman–Crippen MR) is 102 cm³/mol. The Kier molecular flexibility index (Phi) is 5.45. The first-order chi connectivity index (χ1) is 13.7. The molecule has 3 aromatic heterocycles. The van der Waals surface area contributed by atoms with E-state index in [2.05, 4.69) is 31.6 Å². The van der Waals surface area contributed by atoms with Gasteiger partial charge in [-0.05, 0) is 25.0 Å². The lowest BCUT2D eigenvalue weighted by atomic mass is 9.96. The van der Waals surface area contributed by atoms with E-state index in [-0.39, 0.29) is 11.8 Å². The molecule has 0 spiro atoms. The second-order valence-corrected chi connectivity index (χ2v) is 6.99. The van der Waals surface area contributed by atoms with Gasteiger partial charge in [0, 0.05) is 68.7 Å². The van der Waals surface area contributed by atoms with Crippen LogP contribution in [0.15, 0.2) is 41.4 Å². The summed E-state index contributed by atoms with van der Waals surface area (Å²) in [6.45, 7) is 4.21. The zero-order chi connectivity index (χ0) is 19.3. The average Bonchev–Trinajstić information content (AvgIpc) is 3.42. The van der Waals surface area contributed by atoms with Gasteiger partial charge < -0.3 is 14.0 Å². The number of carbonyl (C=O) groups is 1. The number of piperidine rings is 1. The molecule has 4 rings (SSSR count). The van der Waals surface area contributed by atoms with Crippen molar-refractivity contribution in [3.63, 3.8) is 0 Å². The second kappa shape index (κ2) is 8.33. The fourth-order valence-corrected chi connectivity index (χ4v) is 3.63. The van der Waals surface area contributed by atoms with Crippen LogP contribution >= 0.6 is 0 Å². The van der Waals surface area contributed by atoms with E-state index in [0.717, 1.165) is 49.6 Å². The first-order valence-electron chi connectivity index (χ1n) is 9.76. The van der Waals surface area contributed by atoms with Crippen LogP contribution in [0.25, 0.3) is 11.5 Å². The Balaban J connectivity index is 1.30. The average molecular weight is 380 g/mol. The van der Waals surface area contributed by atoms with Crippen LogP contribution < -0.4 is 0 Å². The molecule has 0 aromatic carbocycles. The lowest BCUT2D eigenvalue weighted by Crippen LogP contribution is -2.38. The molecule has 0 N–H and O–H groups in total. The van der Waals surface area contributed by atoms with Crippen LogP contribution in [0.4, 0.5) is 0 Å². The van der Waals surface area contributed by atoms with Gasteiger partial charge in [-0.15, -0.1) is 0 Å². The van der Waals surface area contributed by atoms with Gasteiger partial charge >= 0.3 is 0 Å². The molecule has 1 amide bonds. The van der Waals surface area contributed by atoms with Gasteiger partial charge in [0.05, 0.1) is 0 Å². The molecule has 0 atom stereocenters. The number of likely N-dealkylation sites (tertiary alicyclic amines) is 1. The predicted octanol–water partition coefficient (Wildman–Crippen LogP) is 2.69. The highest BCUT2D eigenvalue weighted by Gasteiger charge is 2.27. The Hall–Kier alpha value is -3.03. The summed E-state index contributed by atoms with van der Waals surface area (Å²) in [5.74, 6) is 2.69. The number of pyridine rings is 1. The molecule has 1 fully saturated rings. The van der Waals surface area contributed by atoms with Crippen LogP contribution in [0.2, 0.25) is 0 Å². The molecule has 1 saturated heterocycles. The summed E-state index contributed by atoms with van der Waals surface area (Å²) in [4.78, 5) is 27.4. The smallest absolute Gasteiger partial charge is 0.258 e. The first kappa shape index (κ1) is 18.3. The molecule has 1 aliphatic rings. The number of hydrogen-bond acceptors (Lipinski definition) is 6. The number of aryl methyl sites for hydroxylation is 2. The third-order valence-corrected chi connectivity index (χ3v) is 5.27. The number of rotatable bonds is 6. The minimum absolute atomic E-state index is 0.194. The molecule has 8 heteroatoms. The van der Waals surface area contributed by atoms with E-state index >= 15 is 0 Å². The summed E-state index contributed by atoms with van der Waals surface area (Å²) in [6.07, 6.45) is 10.2. The van der Waals surface area contributed by atoms with Gasteiger partial charge in [0.1, 0.15) is 5.82 Å². The van der Waals surface area contributed by atoms with Crippen LogP contribution in [0.1, 0.15) is 43.8 Å². The number of carbonyl (C=O) groups excluding carboxylic acids is 1. The van der Waals surface area contributed by atoms with Crippen LogP contribution in [0.3, 0.4) is 0 Å². The summed E-state index contributed by atoms with van der Waals surface area (Å²) in [5.41, 5.74) is 0.868. The van der Waals surface area contributed by atoms with Crippen molar-refractivity contribution < 1.29 is 9.32 Å². The fourth-order valence-electron chi connectivity index (χ4n) is 3.63. The Morgan fingerprint density at radius 2 is 2.00 bits per heavy atom. The van der Waals surface area contributed by atoms with Gasteiger partial charge in [-0.1, -0.05) is 12.1 Å². The summed E-state index contributed by atoms with van der Waals surface area (Å²) >= 11 is 0. The van der Waals surface area contributed by atoms with Crippen LogP contribution in [-0.4, -0.2) is 48.6 Å². The van der Waals surface area contributed by atoms with E-state index in [1.165, 1.54) is 0 Å². The number of amides is 1. The second-order valence-electron chi connectivity index (χ2n) is 6.99. The van der Waals surface area contributed by atoms with Crippen molar-refractivity contribution >= 4 is 5.91 Å². The summed E-state index contributed by atoms with van der Waals surface area (Å²) in [6, 6.07) is 3.70. The summed E-state index contributed by atoms with van der Waals surface area (Å²) in [7, 11) is 0. The molecule has 0 radical (unpaired) electrons. The van der Waals surface area contributed by atoms with Gasteiger partial charge in [-0.25, -0.2) is 4.98 Å². The molecular formula is C20H24N6O2. The van der Waals surface area contributed by atoms with Gasteiger partial charge in [-0.3, -0.25) is 9.78 Å². The van der Waals surface area contributed by atoms with Gasteiger partial charge in [-0.2, -0.15) is 4.98 Å². The lowest BCUT2D eigenvalue weighted by molar-refractivity contribution is -0.132. The van der Waals surface area contributed by atoms with E-state index in [0.29, 0.717) is 18.9 Å². The van der Waals surface area contributed by atoms with E-state index in [1.54, 1.807) is 18.6 Å². The van der Waals surface area contributed by atoms with Gasteiger partial charge in [0.15, 0.2) is 5.82 Å². The van der Waals surface area contributed by atoms with Crippen LogP contribution in [0.5, 0.6) is 0 Å². The van der Waals surface area contributed by atoms with Crippen LogP contribution in [-0.2, 0) is 17.8 Å². The first-order valence-corrected chi connectivity index (χ1v) is 9.76. The Morgan fingerprint density at radius 3 is 2.75 bits per heavy atom. The molecule has 0 bridgehead atoms. The molecule has 0 saturated carbocycles. The number of aromatic nitrogens is 5. The maximum absolute atomic E-state index is 12.6. The van der Waals surface area contributed by atoms with E-state index in [4.69, 9.17) is 4.52 Å². The Morgan fingerprint density at radius 1 is 1.21 bits per heavy atom. The minimum atomic E-state index is 0.194. The van der Waals surface area contributed by atoms with Crippen molar-refractivity contribution in [1.82, 2.24) is 29.6 Å². The molecular weight excluding hydrogens is 356 g/mol. The van der Waals surface area contributed by atoms with Gasteiger partial charge in [0.25, 0.3) is 5.89 Å². The zero-order valence-electron chi connectivity index (χ0n) is 16.0. The van der Waals surface area contributed by atoms with Crippen molar-refractivity contribution in [1.29, 1.82) is 0 Å². The van der Waals surface area contributed by atoms with Crippen molar-refractivity contribution in [3.8, 4) is 11.5 Å². The molecule has 0 aliphatic carbocycles. The van der Waals surface area contributed by atoms with Crippen molar-refractivity contribution in [3.05, 3.63) is 48.6 Å². The largest absolute Gasteiger partial charge is 0.343 e. The Labute approximate surface area is 163 Å². The molecule has 8 nitrogen and oxygen atoms in total. The van der Waals surface area contributed by atoms with Crippen LogP contribution in [0, 0.1) is 0 Å². The lowest BCUT2D eigenvalue weighted by Gasteiger charge is -2.30. The monoisotopic (exact) mass is 380 g/mol. The van der Waals surface area contributed by atoms with Crippen molar-refractivity contribution in [2.75, 3.05) is 13.1 Å². The van der Waals surface area contributed by atoms with E-state index < -0.39 is 0 Å². The van der Waals surface area contributed by atoms with Gasteiger partial charge in [0.2, 0.25) is 5.91 Å². The van der Waals surface area contributed by atoms with E-state index in [1.807, 2.05) is 23.2 Å². The Bertz CT molecular complexity index is 912. The number of imidazole rings is 1. The maximum Gasteiger partial charge on any atom is 0.258 e. The molecule has 4 heterocycles. The summed E-state index contributed by atoms with van der Waals surface area (Å²) in [5, 5.41) is 4.16. The molecule has 146 valence electrons. The standard InChI is InChI=1S/C20H24N6O2/c1-2-17-22-10-14-25(17)13-7-18(27)26-11-5-15(6-12-26)19-23-20(28-24-19)16-3-8-21-9-4-16/h3-4,8-10,14-15H,2,5-7,11-13H2,1H3. The number of hydrogen-bond donors (Lipinski definition) is 0. The molecule has 28 heavy (non-hydrogen) atoms. The zero-order valence-corrected chi connectivity index (χ0v) is 16.0. The highest BCUT2D eigenvalue weighted by Crippen LogP contribution is 2.28. The number of nitrogens with zero attached hydrogens (tertiary/aromatic N) is 6. The fraction of sp³-hybridized carbons (Fsp3) is 0.450. The quantitative estimate of drug-likeness (QED) is 0.653. The highest BCUT2D eigenvalue weighted by atomic mass is 16.5. The van der Waals surface area contributed by atoms with Crippen molar-refractivity contribution in [2.45, 2.75) is 45.1 Å². The molecule has 3 aromatic rings. The maximum atomic E-state index is 12.6. The third-order valence-electron chi connectivity index (χ3n) is 5.27. The third kappa shape index (κ3) is 3.95. The molecule has 1 aliphatic heterocycles. The SMILES string of the molecule is CCc1nccn1CCC(=O)N1CCC(c2noc(-c3ccncc3)n2)CC1. The van der Waals surface area contributed by atoms with Crippen molar-refractivity contribution in [2.24, 2.45) is 0 Å². The topological polar surface area (TPSA) is 89.9 Å². The molecule has 0 unspecified atom stereocenters. The summed E-state index contributed by atoms with van der Waals surface area (Å²) < 4.78 is 7.46. The minimum Gasteiger partial charge on any atom is -0.343 e. The normalized spacial score (nSPS) is 15.1. The van der Waals surface area contributed by atoms with E-state index in [9.17, 15) is 4.79 Å². The highest BCUT2D eigenvalue weighted by molar-refractivity contribution is 5.76.